The molecule has 2 unspecified atom stereocenters. The van der Waals surface area contributed by atoms with Gasteiger partial charge in [0, 0.05) is 39.1 Å². The van der Waals surface area contributed by atoms with Crippen LogP contribution in [0.2, 0.25) is 0 Å². The Kier molecular flexibility index (Phi) is 6.25. The third-order valence-corrected chi connectivity index (χ3v) is 5.46. The van der Waals surface area contributed by atoms with Crippen LogP contribution in [0.3, 0.4) is 0 Å². The van der Waals surface area contributed by atoms with Crippen molar-refractivity contribution in [2.24, 2.45) is 23.2 Å². The molecule has 2 rings (SSSR count). The largest absolute Gasteiger partial charge is 0.514 e. The second-order valence-corrected chi connectivity index (χ2v) is 6.39. The van der Waals surface area contributed by atoms with E-state index in [1.165, 1.54) is 31.3 Å². The number of hydrogen-bond acceptors (Lipinski definition) is 1. The second-order valence-electron chi connectivity index (χ2n) is 6.39. The number of fused-ring (bicyclic) bond motifs is 1. The molecule has 1 nitrogen and oxygen atoms in total. The Balaban J connectivity index is 0.00000162. The van der Waals surface area contributed by atoms with Gasteiger partial charge in [0.15, 0.2) is 0 Å². The minimum absolute atomic E-state index is 0. The van der Waals surface area contributed by atoms with Crippen molar-refractivity contribution in [2.75, 3.05) is 0 Å². The third kappa shape index (κ3) is 2.98. The summed E-state index contributed by atoms with van der Waals surface area (Å²) in [7, 11) is 0. The monoisotopic (exact) mass is 322 g/mol. The van der Waals surface area contributed by atoms with Crippen LogP contribution in [0, 0.1) is 29.7 Å². The van der Waals surface area contributed by atoms with Gasteiger partial charge in [0.05, 0.1) is 0 Å². The Labute approximate surface area is 137 Å². The van der Waals surface area contributed by atoms with Crippen LogP contribution in [0.1, 0.15) is 58.8 Å². The molecule has 0 heterocycles. The molecule has 2 saturated carbocycles. The Hall–Kier alpha value is 0.514. The molecule has 0 saturated heterocycles. The smallest absolute Gasteiger partial charge is 0.120 e. The molecule has 0 N–H and O–H groups in total. The molecule has 0 bridgehead atoms. The fourth-order valence-corrected chi connectivity index (χ4v) is 4.55. The van der Waals surface area contributed by atoms with Crippen LogP contribution in [-0.2, 0) is 37.5 Å². The zero-order valence-electron chi connectivity index (χ0n) is 11.8. The number of carbonyl (C=O) groups excluding carboxylic acids is 1. The molecule has 0 amide bonds. The van der Waals surface area contributed by atoms with Gasteiger partial charge < -0.3 is 11.4 Å². The summed E-state index contributed by atoms with van der Waals surface area (Å²) < 4.78 is 0. The summed E-state index contributed by atoms with van der Waals surface area (Å²) >= 11 is 0. The first-order valence-electron chi connectivity index (χ1n) is 7.14. The van der Waals surface area contributed by atoms with Gasteiger partial charge in [-0.2, -0.15) is 0 Å². The maximum Gasteiger partial charge on any atom is 0.120 e. The molecule has 2 heteroatoms. The fourth-order valence-electron chi connectivity index (χ4n) is 4.55. The van der Waals surface area contributed by atoms with Crippen molar-refractivity contribution in [2.45, 2.75) is 58.8 Å². The fraction of sp³-hybridized carbons (Fsp3) is 0.812. The summed E-state index contributed by atoms with van der Waals surface area (Å²) in [5, 5.41) is 0. The van der Waals surface area contributed by atoms with Crippen LogP contribution in [-0.4, -0.2) is 6.29 Å². The predicted molar refractivity (Wildman–Crippen MR) is 70.4 cm³/mol. The first kappa shape index (κ1) is 16.6. The van der Waals surface area contributed by atoms with E-state index < -0.39 is 0 Å². The van der Waals surface area contributed by atoms with Gasteiger partial charge in [-0.1, -0.05) is 26.7 Å². The van der Waals surface area contributed by atoms with Crippen molar-refractivity contribution < 1.29 is 37.5 Å². The normalized spacial score (nSPS) is 36.7. The van der Waals surface area contributed by atoms with E-state index in [0.717, 1.165) is 31.5 Å². The van der Waals surface area contributed by atoms with E-state index in [2.05, 4.69) is 13.8 Å². The van der Waals surface area contributed by atoms with Crippen molar-refractivity contribution in [1.29, 1.82) is 0 Å². The number of aldehydes is 1. The minimum atomic E-state index is 0. The van der Waals surface area contributed by atoms with Crippen LogP contribution < -0.4 is 0 Å². The van der Waals surface area contributed by atoms with E-state index in [4.69, 9.17) is 6.58 Å². The number of rotatable bonds is 4. The molecule has 0 aromatic carbocycles. The van der Waals surface area contributed by atoms with E-state index in [0.29, 0.717) is 17.3 Å². The van der Waals surface area contributed by atoms with Crippen LogP contribution in [0.25, 0.3) is 0 Å². The molecular formula is C16H25OY-. The van der Waals surface area contributed by atoms with Crippen molar-refractivity contribution in [3.8, 4) is 0 Å². The van der Waals surface area contributed by atoms with E-state index in [1.807, 2.05) is 0 Å². The van der Waals surface area contributed by atoms with Crippen LogP contribution in [0.15, 0.2) is 5.57 Å². The van der Waals surface area contributed by atoms with Crippen molar-refractivity contribution in [1.82, 2.24) is 0 Å². The van der Waals surface area contributed by atoms with Crippen molar-refractivity contribution >= 4 is 6.29 Å². The van der Waals surface area contributed by atoms with Gasteiger partial charge in [-0.25, -0.2) is 0 Å². The number of carbonyl (C=O) groups is 1. The van der Waals surface area contributed by atoms with Gasteiger partial charge in [-0.05, 0) is 48.9 Å². The molecule has 4 atom stereocenters. The summed E-state index contributed by atoms with van der Waals surface area (Å²) in [5.74, 6) is 2.09. The summed E-state index contributed by atoms with van der Waals surface area (Å²) in [6, 6.07) is 0. The zero-order valence-corrected chi connectivity index (χ0v) is 14.7. The summed E-state index contributed by atoms with van der Waals surface area (Å²) in [5.41, 5.74) is 1.67. The average Bonchev–Trinajstić information content (AvgIpc) is 2.64. The standard InChI is InChI=1S/C16H25O.Y/c1-12-6-4-10-16(3)14(12)8-9-15(16)13(2)7-5-11-17;/h1,11,13-15H,4-10H2,2-3H3;/q-1;/t13?,14?,15-,16+;/m1./s1. The Morgan fingerprint density at radius 2 is 2.22 bits per heavy atom. The average molecular weight is 322 g/mol. The van der Waals surface area contributed by atoms with E-state index in [-0.39, 0.29) is 32.7 Å². The van der Waals surface area contributed by atoms with Gasteiger partial charge in [-0.15, -0.1) is 0 Å². The van der Waals surface area contributed by atoms with Crippen molar-refractivity contribution in [3.05, 3.63) is 12.2 Å². The van der Waals surface area contributed by atoms with Crippen LogP contribution in [0.5, 0.6) is 0 Å². The van der Waals surface area contributed by atoms with Gasteiger partial charge in [0.25, 0.3) is 0 Å². The molecule has 0 aliphatic heterocycles. The van der Waals surface area contributed by atoms with Gasteiger partial charge in [0.2, 0.25) is 0 Å². The van der Waals surface area contributed by atoms with Crippen LogP contribution in [0.4, 0.5) is 0 Å². The van der Waals surface area contributed by atoms with Crippen LogP contribution >= 0.6 is 0 Å². The van der Waals surface area contributed by atoms with E-state index in [1.54, 1.807) is 0 Å². The van der Waals surface area contributed by atoms with Gasteiger partial charge in [0.1, 0.15) is 6.29 Å². The molecule has 2 fully saturated rings. The van der Waals surface area contributed by atoms with Gasteiger partial charge >= 0.3 is 0 Å². The van der Waals surface area contributed by atoms with Crippen molar-refractivity contribution in [3.63, 3.8) is 0 Å². The second kappa shape index (κ2) is 6.79. The minimum Gasteiger partial charge on any atom is -0.514 e. The first-order valence-corrected chi connectivity index (χ1v) is 7.14. The quantitative estimate of drug-likeness (QED) is 0.561. The molecule has 0 aromatic heterocycles. The predicted octanol–water partition coefficient (Wildman–Crippen LogP) is 4.17. The Morgan fingerprint density at radius 1 is 1.50 bits per heavy atom. The molecule has 0 aromatic rings. The topological polar surface area (TPSA) is 17.1 Å². The molecule has 2 aliphatic rings. The molecule has 99 valence electrons. The maximum absolute atomic E-state index is 10.5. The summed E-state index contributed by atoms with van der Waals surface area (Å²) in [6.45, 7) is 11.0. The molecule has 2 aliphatic carbocycles. The molecule has 0 spiro atoms. The summed E-state index contributed by atoms with van der Waals surface area (Å²) in [6.07, 6.45) is 9.14. The molecule has 18 heavy (non-hydrogen) atoms. The number of allylic oxidation sites excluding steroid dienone is 1. The zero-order chi connectivity index (χ0) is 12.5. The van der Waals surface area contributed by atoms with E-state index in [9.17, 15) is 4.79 Å². The Morgan fingerprint density at radius 3 is 2.89 bits per heavy atom. The number of hydrogen-bond donors (Lipinski definition) is 0. The Bertz CT molecular complexity index is 312. The third-order valence-electron chi connectivity index (χ3n) is 5.46. The van der Waals surface area contributed by atoms with E-state index >= 15 is 0 Å². The first-order chi connectivity index (χ1) is 8.09. The molecular weight excluding hydrogens is 297 g/mol. The van der Waals surface area contributed by atoms with Gasteiger partial charge in [-0.3, -0.25) is 5.57 Å². The molecule has 1 radical (unpaired) electrons. The summed E-state index contributed by atoms with van der Waals surface area (Å²) in [4.78, 5) is 10.5. The SMILES string of the molecule is [CH-]=C1CCC[C@@]2(C)C1CC[C@@H]2C(C)CCC=O.[Y]. The maximum atomic E-state index is 10.5.